The lowest BCUT2D eigenvalue weighted by atomic mass is 9.77. The molecule has 0 saturated carbocycles. The summed E-state index contributed by atoms with van der Waals surface area (Å²) in [5, 5.41) is 16.5. The number of fused-ring (bicyclic) bond motifs is 1. The van der Waals surface area contributed by atoms with Crippen molar-refractivity contribution in [2.45, 2.75) is 55.7 Å². The molecule has 5 rings (SSSR count). The van der Waals surface area contributed by atoms with Crippen molar-refractivity contribution < 1.29 is 62.4 Å². The summed E-state index contributed by atoms with van der Waals surface area (Å²) in [6.07, 6.45) is -20.9. The summed E-state index contributed by atoms with van der Waals surface area (Å²) >= 11 is 0. The summed E-state index contributed by atoms with van der Waals surface area (Å²) in [7, 11) is 0. The maximum absolute atomic E-state index is 13.8. The van der Waals surface area contributed by atoms with Crippen LogP contribution in [0.5, 0.6) is 0 Å². The Hall–Kier alpha value is -4.08. The number of rotatable bonds is 5. The third-order valence-corrected chi connectivity index (χ3v) is 7.50. The summed E-state index contributed by atoms with van der Waals surface area (Å²) < 4.78 is 168. The van der Waals surface area contributed by atoms with Crippen LogP contribution in [0.1, 0.15) is 57.2 Å². The van der Waals surface area contributed by atoms with E-state index in [9.17, 15) is 57.8 Å². The standard InChI is InChI=1S/C29H20F12N3O/c30-26(31,32)19-8-17(9-20(12-19)27(33,34)35)25(45,18-10-21(28(36,37)38)13-22(11-18)29(39,40)41)23-6-7-24-42-43(15-44(23)24)14-16-4-2-1-3-5-16/h1-5,8-13,15,23,45H,6-7,14H2/q+1/t23-/m0/s1. The van der Waals surface area contributed by atoms with Crippen LogP contribution in [0.25, 0.3) is 0 Å². The first-order valence-electron chi connectivity index (χ1n) is 13.0. The molecule has 0 saturated heterocycles. The van der Waals surface area contributed by atoms with E-state index in [1.54, 1.807) is 30.3 Å². The Morgan fingerprint density at radius 1 is 0.644 bits per heavy atom. The van der Waals surface area contributed by atoms with Gasteiger partial charge in [-0.2, -0.15) is 52.7 Å². The van der Waals surface area contributed by atoms with Crippen LogP contribution in [-0.4, -0.2) is 14.9 Å². The van der Waals surface area contributed by atoms with Gasteiger partial charge in [0.2, 0.25) is 6.33 Å². The average Bonchev–Trinajstić information content (AvgIpc) is 3.51. The number of aliphatic hydroxyl groups is 1. The van der Waals surface area contributed by atoms with Crippen molar-refractivity contribution in [1.82, 2.24) is 9.78 Å². The fourth-order valence-electron chi connectivity index (χ4n) is 5.44. The molecule has 240 valence electrons. The minimum absolute atomic E-state index is 0.0645. The molecule has 0 unspecified atom stereocenters. The van der Waals surface area contributed by atoms with Gasteiger partial charge < -0.3 is 5.11 Å². The molecule has 1 aromatic heterocycles. The molecule has 0 aliphatic carbocycles. The summed E-state index contributed by atoms with van der Waals surface area (Å²) in [6, 6.07) is 6.75. The number of halogens is 12. The van der Waals surface area contributed by atoms with Crippen molar-refractivity contribution in [2.75, 3.05) is 0 Å². The van der Waals surface area contributed by atoms with Crippen LogP contribution in [-0.2, 0) is 43.3 Å². The van der Waals surface area contributed by atoms with Crippen LogP contribution >= 0.6 is 0 Å². The molecule has 1 aliphatic heterocycles. The maximum atomic E-state index is 13.8. The Morgan fingerprint density at radius 3 is 1.44 bits per heavy atom. The molecular weight excluding hydrogens is 634 g/mol. The van der Waals surface area contributed by atoms with E-state index >= 15 is 0 Å². The lowest BCUT2D eigenvalue weighted by Gasteiger charge is -2.35. The molecule has 45 heavy (non-hydrogen) atoms. The van der Waals surface area contributed by atoms with Gasteiger partial charge >= 0.3 is 24.7 Å². The predicted molar refractivity (Wildman–Crippen MR) is 131 cm³/mol. The Bertz CT molecular complexity index is 1560. The van der Waals surface area contributed by atoms with Gasteiger partial charge in [-0.25, -0.2) is 4.57 Å². The summed E-state index contributed by atoms with van der Waals surface area (Å²) in [6.45, 7) is 0.107. The first-order chi connectivity index (χ1) is 20.7. The number of alkyl halides is 12. The first-order valence-corrected chi connectivity index (χ1v) is 13.0. The van der Waals surface area contributed by atoms with Crippen molar-refractivity contribution in [2.24, 2.45) is 0 Å². The lowest BCUT2D eigenvalue weighted by Crippen LogP contribution is -2.50. The number of hydrogen-bond acceptors (Lipinski definition) is 2. The van der Waals surface area contributed by atoms with Crippen molar-refractivity contribution in [1.29, 1.82) is 0 Å². The van der Waals surface area contributed by atoms with Crippen LogP contribution in [0.2, 0.25) is 0 Å². The minimum atomic E-state index is -5.43. The van der Waals surface area contributed by atoms with Crippen molar-refractivity contribution in [3.05, 3.63) is 118 Å². The molecule has 0 spiro atoms. The first kappa shape index (κ1) is 32.3. The van der Waals surface area contributed by atoms with E-state index in [0.29, 0.717) is 5.56 Å². The highest BCUT2D eigenvalue weighted by molar-refractivity contribution is 5.46. The van der Waals surface area contributed by atoms with Crippen molar-refractivity contribution >= 4 is 0 Å². The van der Waals surface area contributed by atoms with Crippen LogP contribution in [0.3, 0.4) is 0 Å². The van der Waals surface area contributed by atoms with Gasteiger partial charge in [0, 0.05) is 11.5 Å². The topological polar surface area (TPSA) is 41.9 Å². The zero-order valence-corrected chi connectivity index (χ0v) is 22.5. The normalized spacial score (nSPS) is 16.2. The zero-order valence-electron chi connectivity index (χ0n) is 22.5. The minimum Gasteiger partial charge on any atom is -0.377 e. The quantitative estimate of drug-likeness (QED) is 0.177. The third kappa shape index (κ3) is 6.37. The predicted octanol–water partition coefficient (Wildman–Crippen LogP) is 7.72. The largest absolute Gasteiger partial charge is 0.416 e. The molecule has 1 N–H and O–H groups in total. The van der Waals surface area contributed by atoms with E-state index in [2.05, 4.69) is 5.10 Å². The van der Waals surface area contributed by atoms with Crippen LogP contribution < -0.4 is 4.57 Å². The Balaban J connectivity index is 1.79. The second-order valence-electron chi connectivity index (χ2n) is 10.5. The molecule has 4 nitrogen and oxygen atoms in total. The van der Waals surface area contributed by atoms with Gasteiger partial charge in [0.1, 0.15) is 18.2 Å². The second-order valence-corrected chi connectivity index (χ2v) is 10.5. The van der Waals surface area contributed by atoms with Gasteiger partial charge in [-0.15, -0.1) is 4.68 Å². The van der Waals surface area contributed by atoms with Gasteiger partial charge in [0.05, 0.1) is 22.3 Å². The zero-order chi connectivity index (χ0) is 33.2. The lowest BCUT2D eigenvalue weighted by molar-refractivity contribution is -0.731. The summed E-state index contributed by atoms with van der Waals surface area (Å²) in [5.74, 6) is 0.139. The van der Waals surface area contributed by atoms with E-state index in [1.165, 1.54) is 11.0 Å². The monoisotopic (exact) mass is 654 g/mol. The number of hydrogen-bond donors (Lipinski definition) is 1. The maximum Gasteiger partial charge on any atom is 0.416 e. The average molecular weight is 654 g/mol. The number of aromatic nitrogens is 3. The molecule has 2 heterocycles. The molecule has 16 heteroatoms. The smallest absolute Gasteiger partial charge is 0.377 e. The highest BCUT2D eigenvalue weighted by Gasteiger charge is 2.52. The van der Waals surface area contributed by atoms with E-state index < -0.39 is 69.7 Å². The van der Waals surface area contributed by atoms with E-state index in [4.69, 9.17) is 0 Å². The highest BCUT2D eigenvalue weighted by atomic mass is 19.4. The van der Waals surface area contributed by atoms with Crippen LogP contribution in [0.4, 0.5) is 52.7 Å². The molecule has 4 aromatic rings. The van der Waals surface area contributed by atoms with Gasteiger partial charge in [0.15, 0.2) is 0 Å². The number of aryl methyl sites for hydroxylation is 1. The van der Waals surface area contributed by atoms with Crippen molar-refractivity contribution in [3.63, 3.8) is 0 Å². The Labute approximate surface area is 246 Å². The Morgan fingerprint density at radius 2 is 1.04 bits per heavy atom. The molecule has 0 fully saturated rings. The van der Waals surface area contributed by atoms with Gasteiger partial charge in [-0.3, -0.25) is 0 Å². The fourth-order valence-corrected chi connectivity index (χ4v) is 5.44. The molecule has 1 aliphatic rings. The third-order valence-electron chi connectivity index (χ3n) is 7.50. The molecule has 3 aromatic carbocycles. The van der Waals surface area contributed by atoms with Crippen LogP contribution in [0.15, 0.2) is 73.1 Å². The van der Waals surface area contributed by atoms with Crippen LogP contribution in [0, 0.1) is 0 Å². The molecule has 1 atom stereocenters. The highest BCUT2D eigenvalue weighted by Crippen LogP contribution is 2.48. The number of benzene rings is 3. The second kappa shape index (κ2) is 10.8. The summed E-state index contributed by atoms with van der Waals surface area (Å²) in [5.41, 5.74) is -12.7. The fraction of sp³-hybridized carbons (Fsp3) is 0.310. The van der Waals surface area contributed by atoms with E-state index in [1.807, 2.05) is 0 Å². The van der Waals surface area contributed by atoms with Gasteiger partial charge in [-0.05, 0) is 59.5 Å². The summed E-state index contributed by atoms with van der Waals surface area (Å²) in [4.78, 5) is 0. The molecule has 0 bridgehead atoms. The van der Waals surface area contributed by atoms with Crippen molar-refractivity contribution in [3.8, 4) is 0 Å². The van der Waals surface area contributed by atoms with E-state index in [0.717, 1.165) is 4.57 Å². The van der Waals surface area contributed by atoms with Gasteiger partial charge in [0.25, 0.3) is 5.82 Å². The van der Waals surface area contributed by atoms with E-state index in [-0.39, 0.29) is 61.6 Å². The number of nitrogens with zero attached hydrogens (tertiary/aromatic N) is 3. The molecule has 0 amide bonds. The molecular formula is C29H20F12N3O+. The molecule has 0 radical (unpaired) electrons. The van der Waals surface area contributed by atoms with Gasteiger partial charge in [-0.1, -0.05) is 30.3 Å². The SMILES string of the molecule is OC(c1cc(C(F)(F)F)cc(C(F)(F)F)c1)(c1cc(C(F)(F)F)cc(C(F)(F)F)c1)[C@@H]1CCc2nn(Cc3ccccc3)c[n+]21. The Kier molecular flexibility index (Phi) is 7.74.